The summed E-state index contributed by atoms with van der Waals surface area (Å²) in [6, 6.07) is 0. The van der Waals surface area contributed by atoms with Crippen LogP contribution in [0.25, 0.3) is 0 Å². The van der Waals surface area contributed by atoms with Crippen LogP contribution in [0.1, 0.15) is 23.7 Å². The standard InChI is InChI=1S/C11H18N4O2/c1-7(16)8-3-4-15(6-8)11(17)9-5-13-14(2)10(9)12/h5,7-8,16H,3-4,6,12H2,1-2H3. The van der Waals surface area contributed by atoms with Gasteiger partial charge in [-0.1, -0.05) is 0 Å². The van der Waals surface area contributed by atoms with E-state index in [-0.39, 0.29) is 17.9 Å². The predicted octanol–water partition coefficient (Wildman–Crippen LogP) is -0.155. The van der Waals surface area contributed by atoms with Crippen molar-refractivity contribution in [2.45, 2.75) is 19.4 Å². The highest BCUT2D eigenvalue weighted by Gasteiger charge is 2.30. The van der Waals surface area contributed by atoms with Crippen molar-refractivity contribution in [3.8, 4) is 0 Å². The lowest BCUT2D eigenvalue weighted by Gasteiger charge is -2.17. The average molecular weight is 238 g/mol. The molecule has 1 saturated heterocycles. The van der Waals surface area contributed by atoms with Crippen LogP contribution >= 0.6 is 0 Å². The normalized spacial score (nSPS) is 21.8. The molecule has 0 saturated carbocycles. The van der Waals surface area contributed by atoms with E-state index in [0.29, 0.717) is 24.5 Å². The topological polar surface area (TPSA) is 84.4 Å². The summed E-state index contributed by atoms with van der Waals surface area (Å²) in [5.41, 5.74) is 6.21. The number of hydrogen-bond donors (Lipinski definition) is 2. The van der Waals surface area contributed by atoms with E-state index in [4.69, 9.17) is 5.73 Å². The monoisotopic (exact) mass is 238 g/mol. The van der Waals surface area contributed by atoms with Crippen LogP contribution in [0.5, 0.6) is 0 Å². The number of aliphatic hydroxyl groups excluding tert-OH is 1. The number of nitrogens with zero attached hydrogens (tertiary/aromatic N) is 3. The van der Waals surface area contributed by atoms with Gasteiger partial charge in [0.15, 0.2) is 0 Å². The molecule has 0 aromatic carbocycles. The van der Waals surface area contributed by atoms with Gasteiger partial charge in [-0.25, -0.2) is 0 Å². The first kappa shape index (κ1) is 11.9. The molecule has 2 heterocycles. The van der Waals surface area contributed by atoms with E-state index in [1.807, 2.05) is 0 Å². The molecule has 0 radical (unpaired) electrons. The van der Waals surface area contributed by atoms with E-state index in [2.05, 4.69) is 5.10 Å². The van der Waals surface area contributed by atoms with Crippen LogP contribution in [0.2, 0.25) is 0 Å². The molecule has 1 aromatic rings. The molecule has 6 heteroatoms. The molecule has 2 unspecified atom stereocenters. The number of nitrogen functional groups attached to an aromatic ring is 1. The van der Waals surface area contributed by atoms with Crippen LogP contribution in [0.15, 0.2) is 6.20 Å². The summed E-state index contributed by atoms with van der Waals surface area (Å²) in [6.07, 6.45) is 1.95. The highest BCUT2D eigenvalue weighted by atomic mass is 16.3. The van der Waals surface area contributed by atoms with Gasteiger partial charge in [-0.05, 0) is 13.3 Å². The lowest BCUT2D eigenvalue weighted by atomic mass is 10.0. The van der Waals surface area contributed by atoms with E-state index >= 15 is 0 Å². The number of anilines is 1. The van der Waals surface area contributed by atoms with Gasteiger partial charge in [0.2, 0.25) is 0 Å². The summed E-state index contributed by atoms with van der Waals surface area (Å²) >= 11 is 0. The third-order valence-electron chi connectivity index (χ3n) is 3.41. The van der Waals surface area contributed by atoms with Gasteiger partial charge in [-0.3, -0.25) is 9.48 Å². The third-order valence-corrected chi connectivity index (χ3v) is 3.41. The summed E-state index contributed by atoms with van der Waals surface area (Å²) in [7, 11) is 1.70. The Kier molecular flexibility index (Phi) is 3.06. The molecule has 1 amide bonds. The molecule has 0 spiro atoms. The van der Waals surface area contributed by atoms with Crippen LogP contribution in [0, 0.1) is 5.92 Å². The number of rotatable bonds is 2. The molecule has 1 aliphatic heterocycles. The summed E-state index contributed by atoms with van der Waals surface area (Å²) in [5.74, 6) is 0.450. The Balaban J connectivity index is 2.10. The van der Waals surface area contributed by atoms with Crippen molar-refractivity contribution >= 4 is 11.7 Å². The smallest absolute Gasteiger partial charge is 0.259 e. The second-order valence-corrected chi connectivity index (χ2v) is 4.61. The van der Waals surface area contributed by atoms with Gasteiger partial charge >= 0.3 is 0 Å². The van der Waals surface area contributed by atoms with Gasteiger partial charge in [0.25, 0.3) is 5.91 Å². The number of amides is 1. The molecule has 94 valence electrons. The fourth-order valence-corrected chi connectivity index (χ4v) is 2.15. The van der Waals surface area contributed by atoms with E-state index in [9.17, 15) is 9.90 Å². The highest BCUT2D eigenvalue weighted by molar-refractivity contribution is 5.98. The molecule has 3 N–H and O–H groups in total. The highest BCUT2D eigenvalue weighted by Crippen LogP contribution is 2.22. The minimum atomic E-state index is -0.376. The van der Waals surface area contributed by atoms with Gasteiger partial charge < -0.3 is 15.7 Å². The molecule has 2 rings (SSSR count). The maximum atomic E-state index is 12.2. The Bertz CT molecular complexity index is 427. The number of nitrogens with two attached hydrogens (primary N) is 1. The first-order valence-electron chi connectivity index (χ1n) is 5.75. The van der Waals surface area contributed by atoms with Crippen molar-refractivity contribution in [3.63, 3.8) is 0 Å². The van der Waals surface area contributed by atoms with E-state index < -0.39 is 0 Å². The quantitative estimate of drug-likeness (QED) is 0.750. The van der Waals surface area contributed by atoms with Gasteiger partial charge in [-0.2, -0.15) is 5.10 Å². The van der Waals surface area contributed by atoms with Crippen molar-refractivity contribution in [1.29, 1.82) is 0 Å². The average Bonchev–Trinajstić information content (AvgIpc) is 2.87. The molecule has 1 fully saturated rings. The molecule has 1 aromatic heterocycles. The zero-order valence-corrected chi connectivity index (χ0v) is 10.1. The Hall–Kier alpha value is -1.56. The number of aryl methyl sites for hydroxylation is 1. The Morgan fingerprint density at radius 3 is 2.88 bits per heavy atom. The summed E-state index contributed by atoms with van der Waals surface area (Å²) < 4.78 is 1.48. The second-order valence-electron chi connectivity index (χ2n) is 4.61. The van der Waals surface area contributed by atoms with Crippen LogP contribution < -0.4 is 5.73 Å². The van der Waals surface area contributed by atoms with Crippen LogP contribution in [-0.4, -0.2) is 44.9 Å². The number of aromatic nitrogens is 2. The molecular weight excluding hydrogens is 220 g/mol. The second kappa shape index (κ2) is 4.37. The summed E-state index contributed by atoms with van der Waals surface area (Å²) in [5, 5.41) is 13.5. The minimum Gasteiger partial charge on any atom is -0.393 e. The van der Waals surface area contributed by atoms with Crippen molar-refractivity contribution in [3.05, 3.63) is 11.8 Å². The summed E-state index contributed by atoms with van der Waals surface area (Å²) in [6.45, 7) is 3.02. The number of carbonyl (C=O) groups excluding carboxylic acids is 1. The molecule has 1 aliphatic rings. The number of hydrogen-bond acceptors (Lipinski definition) is 4. The van der Waals surface area contributed by atoms with E-state index in [0.717, 1.165) is 6.42 Å². The zero-order chi connectivity index (χ0) is 12.6. The van der Waals surface area contributed by atoms with Crippen LogP contribution in [0.3, 0.4) is 0 Å². The molecule has 0 aliphatic carbocycles. The number of aliphatic hydroxyl groups is 1. The van der Waals surface area contributed by atoms with E-state index in [1.54, 1.807) is 18.9 Å². The Morgan fingerprint density at radius 2 is 2.41 bits per heavy atom. The maximum absolute atomic E-state index is 12.2. The maximum Gasteiger partial charge on any atom is 0.259 e. The lowest BCUT2D eigenvalue weighted by Crippen LogP contribution is -2.30. The van der Waals surface area contributed by atoms with Crippen molar-refractivity contribution in [2.75, 3.05) is 18.8 Å². The Labute approximate surface area is 100 Å². The van der Waals surface area contributed by atoms with Gasteiger partial charge in [-0.15, -0.1) is 0 Å². The lowest BCUT2D eigenvalue weighted by molar-refractivity contribution is 0.0763. The van der Waals surface area contributed by atoms with Crippen LogP contribution in [-0.2, 0) is 7.05 Å². The SMILES string of the molecule is CC(O)C1CCN(C(=O)c2cnn(C)c2N)C1. The number of likely N-dealkylation sites (tertiary alicyclic amines) is 1. The molecule has 2 atom stereocenters. The van der Waals surface area contributed by atoms with Gasteiger partial charge in [0, 0.05) is 26.1 Å². The molecule has 0 bridgehead atoms. The fraction of sp³-hybridized carbons (Fsp3) is 0.636. The van der Waals surface area contributed by atoms with Crippen molar-refractivity contribution in [2.24, 2.45) is 13.0 Å². The van der Waals surface area contributed by atoms with Gasteiger partial charge in [0.1, 0.15) is 11.4 Å². The predicted molar refractivity (Wildman–Crippen MR) is 63.3 cm³/mol. The summed E-state index contributed by atoms with van der Waals surface area (Å²) in [4.78, 5) is 13.9. The van der Waals surface area contributed by atoms with E-state index in [1.165, 1.54) is 10.9 Å². The first-order chi connectivity index (χ1) is 8.00. The fourth-order valence-electron chi connectivity index (χ4n) is 2.15. The number of carbonyl (C=O) groups is 1. The molecular formula is C11H18N4O2. The van der Waals surface area contributed by atoms with Crippen molar-refractivity contribution in [1.82, 2.24) is 14.7 Å². The zero-order valence-electron chi connectivity index (χ0n) is 10.1. The molecule has 6 nitrogen and oxygen atoms in total. The molecule has 17 heavy (non-hydrogen) atoms. The van der Waals surface area contributed by atoms with Crippen molar-refractivity contribution < 1.29 is 9.90 Å². The first-order valence-corrected chi connectivity index (χ1v) is 5.75. The minimum absolute atomic E-state index is 0.0984. The third kappa shape index (κ3) is 2.12. The largest absolute Gasteiger partial charge is 0.393 e. The van der Waals surface area contributed by atoms with Crippen LogP contribution in [0.4, 0.5) is 5.82 Å². The Morgan fingerprint density at radius 1 is 1.71 bits per heavy atom. The van der Waals surface area contributed by atoms with Gasteiger partial charge in [0.05, 0.1) is 12.3 Å².